The third-order valence-corrected chi connectivity index (χ3v) is 2.05. The molecule has 0 amide bonds. The monoisotopic (exact) mass is 192 g/mol. The van der Waals surface area contributed by atoms with Crippen LogP contribution in [0.25, 0.3) is 0 Å². The molecular weight excluding hydrogens is 180 g/mol. The van der Waals surface area contributed by atoms with Gasteiger partial charge in [0.05, 0.1) is 12.6 Å². The highest BCUT2D eigenvalue weighted by atomic mass is 16.6. The van der Waals surface area contributed by atoms with Crippen molar-refractivity contribution in [3.05, 3.63) is 4.91 Å². The lowest BCUT2D eigenvalue weighted by atomic mass is 9.97. The molecule has 1 aliphatic rings. The molecule has 76 valence electrons. The molecule has 0 radical (unpaired) electrons. The molecule has 1 aliphatic heterocycles. The van der Waals surface area contributed by atoms with E-state index in [1.54, 1.807) is 0 Å². The molecule has 0 aromatic heterocycles. The summed E-state index contributed by atoms with van der Waals surface area (Å²) in [6.07, 6.45) is -4.85. The van der Waals surface area contributed by atoms with Crippen molar-refractivity contribution in [2.45, 2.75) is 30.6 Å². The second-order valence-corrected chi connectivity index (χ2v) is 2.91. The summed E-state index contributed by atoms with van der Waals surface area (Å²) in [6, 6.07) is -1.06. The number of nitrogens with zero attached hydrogens (tertiary/aromatic N) is 1. The molecule has 0 saturated carbocycles. The maximum Gasteiger partial charge on any atom is 0.207 e. The van der Waals surface area contributed by atoms with Crippen molar-refractivity contribution in [3.8, 4) is 0 Å². The Morgan fingerprint density at radius 1 is 1.38 bits per heavy atom. The molecule has 0 aliphatic carbocycles. The van der Waals surface area contributed by atoms with Crippen molar-refractivity contribution >= 4 is 0 Å². The van der Waals surface area contributed by atoms with Gasteiger partial charge in [-0.05, 0) is 5.18 Å². The summed E-state index contributed by atoms with van der Waals surface area (Å²) >= 11 is 0. The fourth-order valence-corrected chi connectivity index (χ4v) is 1.21. The molecule has 1 fully saturated rings. The van der Waals surface area contributed by atoms with Crippen LogP contribution in [0.2, 0.25) is 0 Å². The van der Waals surface area contributed by atoms with E-state index < -0.39 is 37.2 Å². The van der Waals surface area contributed by atoms with Gasteiger partial charge in [0.2, 0.25) is 6.23 Å². The number of nitrogens with two attached hydrogens (primary N) is 1. The molecule has 0 spiro atoms. The first-order valence-corrected chi connectivity index (χ1v) is 3.82. The van der Waals surface area contributed by atoms with Crippen LogP contribution in [0.4, 0.5) is 0 Å². The molecule has 0 aromatic rings. The second-order valence-electron chi connectivity index (χ2n) is 2.91. The van der Waals surface area contributed by atoms with Crippen molar-refractivity contribution < 1.29 is 20.1 Å². The summed E-state index contributed by atoms with van der Waals surface area (Å²) in [4.78, 5) is 10.2. The zero-order valence-corrected chi connectivity index (χ0v) is 6.78. The van der Waals surface area contributed by atoms with E-state index in [4.69, 9.17) is 15.6 Å². The van der Waals surface area contributed by atoms with Crippen LogP contribution in [0.15, 0.2) is 5.18 Å². The Balaban J connectivity index is 2.71. The summed E-state index contributed by atoms with van der Waals surface area (Å²) in [7, 11) is 0. The van der Waals surface area contributed by atoms with Gasteiger partial charge < -0.3 is 25.8 Å². The minimum Gasteiger partial charge on any atom is -0.394 e. The number of hydrogen-bond acceptors (Lipinski definition) is 7. The molecular formula is C6H12N2O5. The third kappa shape index (κ3) is 1.84. The predicted molar refractivity (Wildman–Crippen MR) is 41.5 cm³/mol. The minimum atomic E-state index is -1.31. The topological polar surface area (TPSA) is 125 Å². The van der Waals surface area contributed by atoms with E-state index in [2.05, 4.69) is 5.18 Å². The fourth-order valence-electron chi connectivity index (χ4n) is 1.21. The Hall–Kier alpha value is -0.600. The first-order valence-electron chi connectivity index (χ1n) is 3.82. The molecule has 1 heterocycles. The maximum atomic E-state index is 10.2. The number of rotatable bonds is 2. The molecule has 5 N–H and O–H groups in total. The van der Waals surface area contributed by atoms with Gasteiger partial charge >= 0.3 is 0 Å². The molecule has 5 unspecified atom stereocenters. The quantitative estimate of drug-likeness (QED) is 0.359. The Labute approximate surface area is 74.1 Å². The lowest BCUT2D eigenvalue weighted by Crippen LogP contribution is -2.61. The van der Waals surface area contributed by atoms with E-state index >= 15 is 0 Å². The molecule has 1 rings (SSSR count). The van der Waals surface area contributed by atoms with Crippen molar-refractivity contribution in [1.82, 2.24) is 0 Å². The van der Waals surface area contributed by atoms with Crippen LogP contribution in [0.3, 0.4) is 0 Å². The summed E-state index contributed by atoms with van der Waals surface area (Å²) in [5.41, 5.74) is 5.33. The predicted octanol–water partition coefficient (Wildman–Crippen LogP) is -2.48. The van der Waals surface area contributed by atoms with E-state index in [-0.39, 0.29) is 0 Å². The van der Waals surface area contributed by atoms with Gasteiger partial charge in [-0.25, -0.2) is 0 Å². The first kappa shape index (κ1) is 10.5. The lowest BCUT2D eigenvalue weighted by Gasteiger charge is -2.37. The van der Waals surface area contributed by atoms with Crippen molar-refractivity contribution in [1.29, 1.82) is 0 Å². The van der Waals surface area contributed by atoms with Crippen molar-refractivity contribution in [3.63, 3.8) is 0 Å². The van der Waals surface area contributed by atoms with Gasteiger partial charge in [-0.1, -0.05) is 0 Å². The van der Waals surface area contributed by atoms with Crippen LogP contribution in [0, 0.1) is 4.91 Å². The number of aliphatic hydroxyl groups excluding tert-OH is 3. The number of aliphatic hydroxyl groups is 3. The zero-order chi connectivity index (χ0) is 10.0. The summed E-state index contributed by atoms with van der Waals surface area (Å²) in [5.74, 6) is 0. The number of nitroso groups, excluding NO2 is 1. The number of hydrogen-bond donors (Lipinski definition) is 4. The van der Waals surface area contributed by atoms with Crippen LogP contribution < -0.4 is 5.73 Å². The van der Waals surface area contributed by atoms with E-state index in [9.17, 15) is 15.1 Å². The van der Waals surface area contributed by atoms with Gasteiger partial charge in [0.25, 0.3) is 0 Å². The SMILES string of the molecule is NC1C(N=O)OC(CO)C(O)C1O. The van der Waals surface area contributed by atoms with Crippen LogP contribution in [-0.4, -0.2) is 52.5 Å². The lowest BCUT2D eigenvalue weighted by molar-refractivity contribution is -0.186. The Kier molecular flexibility index (Phi) is 3.28. The van der Waals surface area contributed by atoms with E-state index in [0.29, 0.717) is 0 Å². The third-order valence-electron chi connectivity index (χ3n) is 2.05. The van der Waals surface area contributed by atoms with E-state index in [1.165, 1.54) is 0 Å². The highest BCUT2D eigenvalue weighted by Crippen LogP contribution is 2.19. The summed E-state index contributed by atoms with van der Waals surface area (Å²) in [5, 5.41) is 29.8. The van der Waals surface area contributed by atoms with Crippen LogP contribution >= 0.6 is 0 Å². The standard InChI is InChI=1S/C6H12N2O5/c7-3-5(11)4(10)2(1-9)13-6(3)8-12/h2-6,9-11H,1,7H2. The Morgan fingerprint density at radius 3 is 2.46 bits per heavy atom. The minimum absolute atomic E-state index is 0.503. The first-order chi connectivity index (χ1) is 6.11. The van der Waals surface area contributed by atoms with Crippen LogP contribution in [-0.2, 0) is 4.74 Å². The zero-order valence-electron chi connectivity index (χ0n) is 6.78. The van der Waals surface area contributed by atoms with Gasteiger partial charge in [-0.15, -0.1) is 4.91 Å². The average Bonchev–Trinajstić information content (AvgIpc) is 2.15. The maximum absolute atomic E-state index is 10.2. The molecule has 0 bridgehead atoms. The van der Waals surface area contributed by atoms with Crippen LogP contribution in [0.5, 0.6) is 0 Å². The molecule has 5 atom stereocenters. The summed E-state index contributed by atoms with van der Waals surface area (Å²) in [6.45, 7) is -0.503. The van der Waals surface area contributed by atoms with Gasteiger partial charge in [0, 0.05) is 0 Å². The molecule has 0 aromatic carbocycles. The molecule has 7 nitrogen and oxygen atoms in total. The van der Waals surface area contributed by atoms with E-state index in [1.807, 2.05) is 0 Å². The normalized spacial score (nSPS) is 46.0. The highest BCUT2D eigenvalue weighted by Gasteiger charge is 2.43. The smallest absolute Gasteiger partial charge is 0.207 e. The number of ether oxygens (including phenoxy) is 1. The van der Waals surface area contributed by atoms with Gasteiger partial charge in [0.1, 0.15) is 18.3 Å². The van der Waals surface area contributed by atoms with Gasteiger partial charge in [0.15, 0.2) is 0 Å². The molecule has 1 saturated heterocycles. The van der Waals surface area contributed by atoms with Gasteiger partial charge in [-0.2, -0.15) is 0 Å². The van der Waals surface area contributed by atoms with Crippen LogP contribution in [0.1, 0.15) is 0 Å². The van der Waals surface area contributed by atoms with Crippen molar-refractivity contribution in [2.24, 2.45) is 10.9 Å². The largest absolute Gasteiger partial charge is 0.394 e. The summed E-state index contributed by atoms with van der Waals surface area (Å²) < 4.78 is 4.82. The molecule has 13 heavy (non-hydrogen) atoms. The fraction of sp³-hybridized carbons (Fsp3) is 1.00. The Morgan fingerprint density at radius 2 is 2.00 bits per heavy atom. The van der Waals surface area contributed by atoms with Crippen molar-refractivity contribution in [2.75, 3.05) is 6.61 Å². The van der Waals surface area contributed by atoms with Gasteiger partial charge in [-0.3, -0.25) is 0 Å². The molecule has 7 heteroatoms. The average molecular weight is 192 g/mol. The Bertz CT molecular complexity index is 188. The second kappa shape index (κ2) is 4.07. The van der Waals surface area contributed by atoms with E-state index in [0.717, 1.165) is 0 Å². The highest BCUT2D eigenvalue weighted by molar-refractivity contribution is 4.93.